The third kappa shape index (κ3) is 2.96. The fraction of sp³-hybridized carbons (Fsp3) is 0.857. The standard InChI is InChI=1S/C14H24N2O3S/c1-13(2,6-7-17)9-15-12(19)10-8-20-14(3)5-4-11(18)16(10)14/h10,17H,4-9H2,1-3H3,(H,15,19). The van der Waals surface area contributed by atoms with Gasteiger partial charge in [-0.1, -0.05) is 13.8 Å². The first-order valence-corrected chi connectivity index (χ1v) is 8.12. The van der Waals surface area contributed by atoms with Gasteiger partial charge in [-0.2, -0.15) is 0 Å². The summed E-state index contributed by atoms with van der Waals surface area (Å²) in [5, 5.41) is 11.9. The second-order valence-electron chi connectivity index (χ2n) is 6.62. The molecule has 2 aliphatic heterocycles. The number of hydrogen-bond acceptors (Lipinski definition) is 4. The lowest BCUT2D eigenvalue weighted by Crippen LogP contribution is -2.51. The molecule has 0 spiro atoms. The van der Waals surface area contributed by atoms with Crippen molar-refractivity contribution in [2.75, 3.05) is 18.9 Å². The molecule has 0 bridgehead atoms. The van der Waals surface area contributed by atoms with Gasteiger partial charge < -0.3 is 15.3 Å². The number of aliphatic hydroxyl groups excluding tert-OH is 1. The fourth-order valence-corrected chi connectivity index (χ4v) is 4.28. The number of rotatable bonds is 5. The molecule has 2 rings (SSSR count). The Labute approximate surface area is 124 Å². The third-order valence-electron chi connectivity index (χ3n) is 4.28. The minimum absolute atomic E-state index is 0.0671. The molecule has 2 saturated heterocycles. The van der Waals surface area contributed by atoms with Gasteiger partial charge in [0.2, 0.25) is 11.8 Å². The molecule has 2 N–H and O–H groups in total. The summed E-state index contributed by atoms with van der Waals surface area (Å²) < 4.78 is 0. The van der Waals surface area contributed by atoms with Crippen LogP contribution in [0.4, 0.5) is 0 Å². The Morgan fingerprint density at radius 2 is 2.30 bits per heavy atom. The Morgan fingerprint density at radius 1 is 1.60 bits per heavy atom. The van der Waals surface area contributed by atoms with Gasteiger partial charge in [0.05, 0.1) is 4.87 Å². The lowest BCUT2D eigenvalue weighted by molar-refractivity contribution is -0.138. The SMILES string of the molecule is CC(C)(CCO)CNC(=O)C1CSC2(C)CCC(=O)N12. The number of carbonyl (C=O) groups is 2. The number of hydrogen-bond donors (Lipinski definition) is 2. The molecule has 0 saturated carbocycles. The van der Waals surface area contributed by atoms with Gasteiger partial charge in [-0.05, 0) is 25.2 Å². The predicted octanol–water partition coefficient (Wildman–Crippen LogP) is 0.965. The van der Waals surface area contributed by atoms with E-state index in [4.69, 9.17) is 5.11 Å². The molecular formula is C14H24N2O3S. The summed E-state index contributed by atoms with van der Waals surface area (Å²) in [7, 11) is 0. The van der Waals surface area contributed by atoms with E-state index < -0.39 is 0 Å². The van der Waals surface area contributed by atoms with E-state index in [-0.39, 0.29) is 34.7 Å². The highest BCUT2D eigenvalue weighted by molar-refractivity contribution is 8.01. The van der Waals surface area contributed by atoms with Crippen LogP contribution < -0.4 is 5.32 Å². The van der Waals surface area contributed by atoms with Gasteiger partial charge in [0.25, 0.3) is 0 Å². The maximum absolute atomic E-state index is 12.3. The van der Waals surface area contributed by atoms with Crippen LogP contribution in [0, 0.1) is 5.41 Å². The molecule has 2 heterocycles. The molecule has 0 aromatic carbocycles. The Hall–Kier alpha value is -0.750. The Bertz CT molecular complexity index is 413. The Morgan fingerprint density at radius 3 is 2.95 bits per heavy atom. The Balaban J connectivity index is 1.95. The summed E-state index contributed by atoms with van der Waals surface area (Å²) >= 11 is 1.70. The molecule has 2 fully saturated rings. The van der Waals surface area contributed by atoms with E-state index in [1.807, 2.05) is 20.8 Å². The molecule has 5 nitrogen and oxygen atoms in total. The van der Waals surface area contributed by atoms with Crippen LogP contribution in [0.25, 0.3) is 0 Å². The molecule has 0 radical (unpaired) electrons. The van der Waals surface area contributed by atoms with E-state index in [2.05, 4.69) is 5.32 Å². The topological polar surface area (TPSA) is 69.6 Å². The molecule has 2 amide bonds. The smallest absolute Gasteiger partial charge is 0.243 e. The van der Waals surface area contributed by atoms with Crippen LogP contribution in [-0.4, -0.2) is 51.6 Å². The summed E-state index contributed by atoms with van der Waals surface area (Å²) in [6, 6.07) is -0.343. The molecule has 2 atom stereocenters. The molecule has 6 heteroatoms. The first-order valence-electron chi connectivity index (χ1n) is 7.14. The zero-order valence-corrected chi connectivity index (χ0v) is 13.3. The zero-order chi connectivity index (χ0) is 15.0. The molecule has 20 heavy (non-hydrogen) atoms. The number of carbonyl (C=O) groups excluding carboxylic acids is 2. The fourth-order valence-electron chi connectivity index (χ4n) is 2.85. The van der Waals surface area contributed by atoms with Gasteiger partial charge in [-0.25, -0.2) is 0 Å². The number of nitrogens with one attached hydrogen (secondary N) is 1. The van der Waals surface area contributed by atoms with Crippen molar-refractivity contribution in [1.82, 2.24) is 10.2 Å². The van der Waals surface area contributed by atoms with Crippen LogP contribution in [-0.2, 0) is 9.59 Å². The van der Waals surface area contributed by atoms with E-state index in [1.165, 1.54) is 0 Å². The van der Waals surface area contributed by atoms with Crippen molar-refractivity contribution in [1.29, 1.82) is 0 Å². The van der Waals surface area contributed by atoms with E-state index in [1.54, 1.807) is 16.7 Å². The molecule has 2 aliphatic rings. The molecule has 2 unspecified atom stereocenters. The van der Waals surface area contributed by atoms with Gasteiger partial charge >= 0.3 is 0 Å². The Kier molecular flexibility index (Phi) is 4.35. The van der Waals surface area contributed by atoms with Crippen LogP contribution in [0.3, 0.4) is 0 Å². The molecule has 0 aromatic heterocycles. The van der Waals surface area contributed by atoms with E-state index in [0.29, 0.717) is 25.1 Å². The normalized spacial score (nSPS) is 29.7. The van der Waals surface area contributed by atoms with Crippen LogP contribution in [0.15, 0.2) is 0 Å². The van der Waals surface area contributed by atoms with Crippen molar-refractivity contribution in [2.45, 2.75) is 50.9 Å². The monoisotopic (exact) mass is 300 g/mol. The summed E-state index contributed by atoms with van der Waals surface area (Å²) in [5.74, 6) is 0.698. The number of thioether (sulfide) groups is 1. The quantitative estimate of drug-likeness (QED) is 0.793. The summed E-state index contributed by atoms with van der Waals surface area (Å²) in [6.07, 6.45) is 2.02. The molecular weight excluding hydrogens is 276 g/mol. The van der Waals surface area contributed by atoms with Crippen molar-refractivity contribution in [3.05, 3.63) is 0 Å². The van der Waals surface area contributed by atoms with E-state index >= 15 is 0 Å². The van der Waals surface area contributed by atoms with Crippen molar-refractivity contribution in [3.8, 4) is 0 Å². The highest BCUT2D eigenvalue weighted by atomic mass is 32.2. The number of amides is 2. The first kappa shape index (κ1) is 15.6. The second kappa shape index (κ2) is 5.56. The van der Waals surface area contributed by atoms with Gasteiger partial charge in [-0.15, -0.1) is 11.8 Å². The minimum Gasteiger partial charge on any atom is -0.396 e. The van der Waals surface area contributed by atoms with Gasteiger partial charge in [0, 0.05) is 25.3 Å². The maximum Gasteiger partial charge on any atom is 0.243 e. The molecule has 0 aromatic rings. The lowest BCUT2D eigenvalue weighted by atomic mass is 9.89. The van der Waals surface area contributed by atoms with Crippen molar-refractivity contribution in [2.24, 2.45) is 5.41 Å². The van der Waals surface area contributed by atoms with Crippen LogP contribution in [0.2, 0.25) is 0 Å². The second-order valence-corrected chi connectivity index (χ2v) is 8.12. The predicted molar refractivity (Wildman–Crippen MR) is 79.2 cm³/mol. The van der Waals surface area contributed by atoms with Crippen molar-refractivity contribution in [3.63, 3.8) is 0 Å². The van der Waals surface area contributed by atoms with E-state index in [0.717, 1.165) is 6.42 Å². The number of fused-ring (bicyclic) bond motifs is 1. The van der Waals surface area contributed by atoms with Crippen LogP contribution in [0.1, 0.15) is 40.0 Å². The average Bonchev–Trinajstić information content (AvgIpc) is 2.84. The number of aliphatic hydroxyl groups is 1. The largest absolute Gasteiger partial charge is 0.396 e. The summed E-state index contributed by atoms with van der Waals surface area (Å²) in [6.45, 7) is 6.71. The highest BCUT2D eigenvalue weighted by Crippen LogP contribution is 2.47. The number of nitrogens with zero attached hydrogens (tertiary/aromatic N) is 1. The van der Waals surface area contributed by atoms with E-state index in [9.17, 15) is 9.59 Å². The maximum atomic E-state index is 12.3. The van der Waals surface area contributed by atoms with Gasteiger partial charge in [0.15, 0.2) is 0 Å². The van der Waals surface area contributed by atoms with Crippen molar-refractivity contribution < 1.29 is 14.7 Å². The summed E-state index contributed by atoms with van der Waals surface area (Å²) in [5.41, 5.74) is -0.130. The van der Waals surface area contributed by atoms with Gasteiger partial charge in [-0.3, -0.25) is 9.59 Å². The third-order valence-corrected chi connectivity index (χ3v) is 5.78. The highest BCUT2D eigenvalue weighted by Gasteiger charge is 2.52. The molecule has 0 aliphatic carbocycles. The average molecular weight is 300 g/mol. The van der Waals surface area contributed by atoms with Crippen molar-refractivity contribution >= 4 is 23.6 Å². The van der Waals surface area contributed by atoms with Crippen LogP contribution in [0.5, 0.6) is 0 Å². The van der Waals surface area contributed by atoms with Gasteiger partial charge in [0.1, 0.15) is 6.04 Å². The van der Waals surface area contributed by atoms with Crippen LogP contribution >= 0.6 is 11.8 Å². The summed E-state index contributed by atoms with van der Waals surface area (Å²) in [4.78, 5) is 25.9. The molecule has 114 valence electrons. The zero-order valence-electron chi connectivity index (χ0n) is 12.4. The first-order chi connectivity index (χ1) is 9.29. The minimum atomic E-state index is -0.343. The lowest BCUT2D eigenvalue weighted by Gasteiger charge is -2.31.